The number of aryl methyl sites for hydroxylation is 1. The second-order valence-electron chi connectivity index (χ2n) is 6.61. The number of hydrogen-bond acceptors (Lipinski definition) is 3. The average molecular weight is 276 g/mol. The maximum Gasteiger partial charge on any atom is 0.109 e. The fourth-order valence-corrected chi connectivity index (χ4v) is 3.97. The van der Waals surface area contributed by atoms with Crippen LogP contribution in [0.25, 0.3) is 0 Å². The molecule has 4 heteroatoms. The van der Waals surface area contributed by atoms with Crippen molar-refractivity contribution in [2.75, 3.05) is 19.6 Å². The highest BCUT2D eigenvalue weighted by atomic mass is 15.3. The first-order valence-corrected chi connectivity index (χ1v) is 8.18. The molecule has 20 heavy (non-hydrogen) atoms. The summed E-state index contributed by atoms with van der Waals surface area (Å²) in [4.78, 5) is 7.18. The normalized spacial score (nSPS) is 26.4. The van der Waals surface area contributed by atoms with Gasteiger partial charge in [0, 0.05) is 57.1 Å². The molecule has 0 amide bonds. The van der Waals surface area contributed by atoms with Gasteiger partial charge in [0.2, 0.25) is 0 Å². The zero-order valence-corrected chi connectivity index (χ0v) is 12.9. The lowest BCUT2D eigenvalue weighted by atomic mass is 9.91. The van der Waals surface area contributed by atoms with Gasteiger partial charge in [-0.3, -0.25) is 4.90 Å². The van der Waals surface area contributed by atoms with Crippen LogP contribution in [0.2, 0.25) is 0 Å². The number of nitrogens with one attached hydrogen (secondary N) is 1. The number of piperazine rings is 1. The molecule has 1 aliphatic carbocycles. The molecule has 1 aromatic heterocycles. The van der Waals surface area contributed by atoms with Crippen LogP contribution in [-0.4, -0.2) is 45.7 Å². The second-order valence-corrected chi connectivity index (χ2v) is 6.61. The van der Waals surface area contributed by atoms with Crippen molar-refractivity contribution in [2.45, 2.75) is 57.0 Å². The molecular weight excluding hydrogens is 248 g/mol. The minimum Gasteiger partial charge on any atom is -0.338 e. The first-order valence-electron chi connectivity index (χ1n) is 8.18. The quantitative estimate of drug-likeness (QED) is 0.912. The number of imidazole rings is 1. The summed E-state index contributed by atoms with van der Waals surface area (Å²) in [6, 6.07) is 0.696. The average Bonchev–Trinajstić information content (AvgIpc) is 3.07. The smallest absolute Gasteiger partial charge is 0.109 e. The van der Waals surface area contributed by atoms with Crippen molar-refractivity contribution >= 4 is 0 Å². The molecule has 2 aliphatic rings. The molecule has 1 saturated heterocycles. The van der Waals surface area contributed by atoms with Crippen LogP contribution in [0.5, 0.6) is 0 Å². The Labute approximate surface area is 122 Å². The molecular formula is C16H28N4. The summed E-state index contributed by atoms with van der Waals surface area (Å²) in [5, 5.41) is 3.87. The highest BCUT2D eigenvalue weighted by molar-refractivity contribution is 5.01. The number of rotatable bonds is 4. The Morgan fingerprint density at radius 1 is 1.40 bits per heavy atom. The van der Waals surface area contributed by atoms with E-state index in [1.165, 1.54) is 44.5 Å². The molecule has 1 aliphatic heterocycles. The van der Waals surface area contributed by atoms with E-state index in [9.17, 15) is 0 Å². The van der Waals surface area contributed by atoms with Crippen molar-refractivity contribution in [2.24, 2.45) is 7.05 Å². The molecule has 112 valence electrons. The molecule has 4 nitrogen and oxygen atoms in total. The topological polar surface area (TPSA) is 33.1 Å². The summed E-state index contributed by atoms with van der Waals surface area (Å²) in [5.41, 5.74) is 0.424. The minimum atomic E-state index is 0.424. The summed E-state index contributed by atoms with van der Waals surface area (Å²) >= 11 is 0. The Hall–Kier alpha value is -0.870. The van der Waals surface area contributed by atoms with Crippen LogP contribution in [0.4, 0.5) is 0 Å². The first-order chi connectivity index (χ1) is 9.72. The summed E-state index contributed by atoms with van der Waals surface area (Å²) < 4.78 is 2.15. The van der Waals surface area contributed by atoms with E-state index in [0.717, 1.165) is 19.5 Å². The molecule has 3 rings (SSSR count). The van der Waals surface area contributed by atoms with Gasteiger partial charge in [-0.2, -0.15) is 0 Å². The Balaban J connectivity index is 1.63. The van der Waals surface area contributed by atoms with Crippen molar-refractivity contribution in [3.05, 3.63) is 18.2 Å². The van der Waals surface area contributed by atoms with Crippen molar-refractivity contribution < 1.29 is 0 Å². The van der Waals surface area contributed by atoms with Crippen LogP contribution in [0.1, 0.15) is 44.9 Å². The molecule has 1 spiro atoms. The van der Waals surface area contributed by atoms with Crippen molar-refractivity contribution in [3.63, 3.8) is 0 Å². The zero-order valence-electron chi connectivity index (χ0n) is 12.9. The SMILES string of the molecule is CCC1CNC2(CCCC2)CN1CCc1nccn1C. The van der Waals surface area contributed by atoms with Gasteiger partial charge in [0.05, 0.1) is 0 Å². The van der Waals surface area contributed by atoms with Crippen LogP contribution in [0.3, 0.4) is 0 Å². The highest BCUT2D eigenvalue weighted by Crippen LogP contribution is 2.33. The summed E-state index contributed by atoms with van der Waals surface area (Å²) in [6.45, 7) is 5.85. The number of nitrogens with zero attached hydrogens (tertiary/aromatic N) is 3. The van der Waals surface area contributed by atoms with Gasteiger partial charge in [0.15, 0.2) is 0 Å². The Morgan fingerprint density at radius 2 is 2.20 bits per heavy atom. The van der Waals surface area contributed by atoms with Gasteiger partial charge in [0.1, 0.15) is 5.82 Å². The molecule has 1 N–H and O–H groups in total. The van der Waals surface area contributed by atoms with Gasteiger partial charge in [-0.15, -0.1) is 0 Å². The molecule has 1 unspecified atom stereocenters. The predicted octanol–water partition coefficient (Wildman–Crippen LogP) is 1.96. The van der Waals surface area contributed by atoms with Crippen LogP contribution >= 0.6 is 0 Å². The van der Waals surface area contributed by atoms with Gasteiger partial charge in [-0.05, 0) is 19.3 Å². The second kappa shape index (κ2) is 5.86. The van der Waals surface area contributed by atoms with Crippen LogP contribution in [0.15, 0.2) is 12.4 Å². The molecule has 1 atom stereocenters. The maximum atomic E-state index is 4.46. The third-order valence-corrected chi connectivity index (χ3v) is 5.31. The lowest BCUT2D eigenvalue weighted by Crippen LogP contribution is -2.63. The zero-order chi connectivity index (χ0) is 14.0. The molecule has 2 heterocycles. The van der Waals surface area contributed by atoms with E-state index >= 15 is 0 Å². The van der Waals surface area contributed by atoms with Gasteiger partial charge < -0.3 is 9.88 Å². The molecule has 1 aromatic rings. The summed E-state index contributed by atoms with van der Waals surface area (Å²) in [7, 11) is 2.09. The van der Waals surface area contributed by atoms with Gasteiger partial charge in [-0.25, -0.2) is 4.98 Å². The van der Waals surface area contributed by atoms with E-state index in [2.05, 4.69) is 33.7 Å². The Kier molecular flexibility index (Phi) is 4.13. The molecule has 1 saturated carbocycles. The summed E-state index contributed by atoms with van der Waals surface area (Å²) in [5.74, 6) is 1.21. The van der Waals surface area contributed by atoms with Gasteiger partial charge in [0.25, 0.3) is 0 Å². The number of hydrogen-bond donors (Lipinski definition) is 1. The highest BCUT2D eigenvalue weighted by Gasteiger charge is 2.40. The fourth-order valence-electron chi connectivity index (χ4n) is 3.97. The van der Waals surface area contributed by atoms with E-state index in [1.807, 2.05) is 12.4 Å². The lowest BCUT2D eigenvalue weighted by molar-refractivity contribution is 0.0788. The fraction of sp³-hybridized carbons (Fsp3) is 0.812. The monoisotopic (exact) mass is 276 g/mol. The molecule has 2 fully saturated rings. The van der Waals surface area contributed by atoms with E-state index in [-0.39, 0.29) is 0 Å². The van der Waals surface area contributed by atoms with Gasteiger partial charge in [-0.1, -0.05) is 19.8 Å². The van der Waals surface area contributed by atoms with Crippen LogP contribution < -0.4 is 5.32 Å². The maximum absolute atomic E-state index is 4.46. The Morgan fingerprint density at radius 3 is 2.85 bits per heavy atom. The molecule has 0 aromatic carbocycles. The van der Waals surface area contributed by atoms with Crippen molar-refractivity contribution in [1.29, 1.82) is 0 Å². The first kappa shape index (κ1) is 14.1. The Bertz CT molecular complexity index is 433. The molecule has 0 bridgehead atoms. The largest absolute Gasteiger partial charge is 0.338 e. The lowest BCUT2D eigenvalue weighted by Gasteiger charge is -2.46. The van der Waals surface area contributed by atoms with Crippen LogP contribution in [-0.2, 0) is 13.5 Å². The minimum absolute atomic E-state index is 0.424. The van der Waals surface area contributed by atoms with Crippen LogP contribution in [0, 0.1) is 0 Å². The van der Waals surface area contributed by atoms with E-state index < -0.39 is 0 Å². The van der Waals surface area contributed by atoms with Crippen molar-refractivity contribution in [3.8, 4) is 0 Å². The third kappa shape index (κ3) is 2.77. The number of aromatic nitrogens is 2. The predicted molar refractivity (Wildman–Crippen MR) is 81.8 cm³/mol. The summed E-state index contributed by atoms with van der Waals surface area (Å²) in [6.07, 6.45) is 11.8. The third-order valence-electron chi connectivity index (χ3n) is 5.31. The van der Waals surface area contributed by atoms with E-state index in [4.69, 9.17) is 0 Å². The van der Waals surface area contributed by atoms with E-state index in [1.54, 1.807) is 0 Å². The van der Waals surface area contributed by atoms with Crippen molar-refractivity contribution in [1.82, 2.24) is 19.8 Å². The van der Waals surface area contributed by atoms with E-state index in [0.29, 0.717) is 11.6 Å². The standard InChI is InChI=1S/C16H28N4/c1-3-14-12-18-16(7-4-5-8-16)13-20(14)10-6-15-17-9-11-19(15)2/h9,11,14,18H,3-8,10,12-13H2,1-2H3. The van der Waals surface area contributed by atoms with Gasteiger partial charge >= 0.3 is 0 Å². The molecule has 0 radical (unpaired) electrons.